The second kappa shape index (κ2) is 14.0. The van der Waals surface area contributed by atoms with Crippen molar-refractivity contribution in [2.45, 2.75) is 45.2 Å². The zero-order valence-corrected chi connectivity index (χ0v) is 25.3. The zero-order valence-electron chi connectivity index (χ0n) is 24.5. The van der Waals surface area contributed by atoms with E-state index in [1.54, 1.807) is 37.3 Å². The van der Waals surface area contributed by atoms with Gasteiger partial charge in [-0.05, 0) is 49.6 Å². The molecule has 0 unspecified atom stereocenters. The first-order valence-electron chi connectivity index (χ1n) is 13.4. The van der Waals surface area contributed by atoms with Crippen molar-refractivity contribution < 1.29 is 27.5 Å². The number of amides is 2. The Morgan fingerprint density at radius 3 is 2.22 bits per heavy atom. The highest BCUT2D eigenvalue weighted by atomic mass is 32.2. The van der Waals surface area contributed by atoms with Crippen LogP contribution < -0.4 is 19.1 Å². The van der Waals surface area contributed by atoms with Crippen LogP contribution in [0.5, 0.6) is 11.5 Å². The molecule has 0 spiro atoms. The van der Waals surface area contributed by atoms with Crippen molar-refractivity contribution in [2.75, 3.05) is 31.6 Å². The number of benzene rings is 3. The van der Waals surface area contributed by atoms with Crippen LogP contribution in [0.3, 0.4) is 0 Å². The Morgan fingerprint density at radius 2 is 1.61 bits per heavy atom. The number of anilines is 1. The number of methoxy groups -OCH3 is 2. The second-order valence-corrected chi connectivity index (χ2v) is 12.1. The lowest BCUT2D eigenvalue weighted by Gasteiger charge is -2.32. The van der Waals surface area contributed by atoms with E-state index in [0.29, 0.717) is 12.3 Å². The Hall–Kier alpha value is -4.05. The van der Waals surface area contributed by atoms with Crippen LogP contribution in [0.4, 0.5) is 5.69 Å². The average molecular weight is 582 g/mol. The number of ether oxygens (including phenoxy) is 2. The number of sulfonamides is 1. The fourth-order valence-corrected chi connectivity index (χ4v) is 5.70. The number of rotatable bonds is 13. The van der Waals surface area contributed by atoms with E-state index in [-0.39, 0.29) is 34.7 Å². The van der Waals surface area contributed by atoms with Gasteiger partial charge in [0.1, 0.15) is 24.1 Å². The van der Waals surface area contributed by atoms with Gasteiger partial charge in [0.05, 0.1) is 24.8 Å². The van der Waals surface area contributed by atoms with Crippen molar-refractivity contribution in [1.29, 1.82) is 0 Å². The first-order valence-corrected chi connectivity index (χ1v) is 14.8. The number of nitrogens with zero attached hydrogens (tertiary/aromatic N) is 2. The van der Waals surface area contributed by atoms with Gasteiger partial charge in [-0.15, -0.1) is 0 Å². The van der Waals surface area contributed by atoms with E-state index < -0.39 is 28.5 Å². The molecule has 41 heavy (non-hydrogen) atoms. The van der Waals surface area contributed by atoms with Crippen LogP contribution in [0.25, 0.3) is 0 Å². The zero-order chi connectivity index (χ0) is 30.2. The minimum atomic E-state index is -4.24. The fraction of sp³-hybridized carbons (Fsp3) is 0.355. The molecule has 0 saturated carbocycles. The minimum absolute atomic E-state index is 0.00521. The van der Waals surface area contributed by atoms with Crippen LogP contribution in [0.15, 0.2) is 77.7 Å². The molecule has 0 aliphatic heterocycles. The van der Waals surface area contributed by atoms with Crippen LogP contribution in [-0.4, -0.2) is 58.5 Å². The average Bonchev–Trinajstić information content (AvgIpc) is 2.96. The van der Waals surface area contributed by atoms with Crippen LogP contribution >= 0.6 is 0 Å². The van der Waals surface area contributed by atoms with Crippen LogP contribution in [0.1, 0.15) is 31.9 Å². The smallest absolute Gasteiger partial charge is 0.264 e. The fourth-order valence-electron chi connectivity index (χ4n) is 4.27. The van der Waals surface area contributed by atoms with E-state index in [4.69, 9.17) is 9.47 Å². The molecule has 0 aromatic heterocycles. The molecule has 0 aliphatic carbocycles. The minimum Gasteiger partial charge on any atom is -0.497 e. The maximum Gasteiger partial charge on any atom is 0.264 e. The van der Waals surface area contributed by atoms with Gasteiger partial charge in [0.15, 0.2) is 0 Å². The molecule has 3 aromatic rings. The second-order valence-electron chi connectivity index (χ2n) is 10.2. The molecule has 1 N–H and O–H groups in total. The normalized spacial score (nSPS) is 12.0. The van der Waals surface area contributed by atoms with Crippen LogP contribution in [-0.2, 0) is 26.2 Å². The van der Waals surface area contributed by atoms with Crippen molar-refractivity contribution in [1.82, 2.24) is 10.2 Å². The highest BCUT2D eigenvalue weighted by Gasteiger charge is 2.34. The summed E-state index contributed by atoms with van der Waals surface area (Å²) < 4.78 is 39.9. The first kappa shape index (κ1) is 31.5. The lowest BCUT2D eigenvalue weighted by molar-refractivity contribution is -0.139. The standard InChI is InChI=1S/C31H39N3O6S/c1-22(2)19-32-31(36)24(4)33(20-25-12-10-11-23(3)17-25)30(35)21-34(41(37,38)27-13-8-7-9-14-27)28-18-26(39-5)15-16-29(28)40-6/h7-18,22,24H,19-21H2,1-6H3,(H,32,36)/t24-/m0/s1. The summed E-state index contributed by atoms with van der Waals surface area (Å²) in [7, 11) is -1.35. The summed E-state index contributed by atoms with van der Waals surface area (Å²) in [6, 6.07) is 19.4. The lowest BCUT2D eigenvalue weighted by Crippen LogP contribution is -2.51. The molecule has 220 valence electrons. The third-order valence-electron chi connectivity index (χ3n) is 6.55. The first-order chi connectivity index (χ1) is 19.5. The van der Waals surface area contributed by atoms with E-state index in [9.17, 15) is 18.0 Å². The molecule has 3 aromatic carbocycles. The topological polar surface area (TPSA) is 105 Å². The molecule has 0 fully saturated rings. The maximum atomic E-state index is 14.1. The quantitative estimate of drug-likeness (QED) is 0.321. The van der Waals surface area contributed by atoms with E-state index in [1.807, 2.05) is 45.0 Å². The molecule has 0 saturated heterocycles. The molecule has 9 nitrogen and oxygen atoms in total. The number of aryl methyl sites for hydroxylation is 1. The molecule has 3 rings (SSSR count). The van der Waals surface area contributed by atoms with E-state index in [2.05, 4.69) is 5.32 Å². The number of hydrogen-bond donors (Lipinski definition) is 1. The largest absolute Gasteiger partial charge is 0.497 e. The monoisotopic (exact) mass is 581 g/mol. The molecule has 2 amide bonds. The van der Waals surface area contributed by atoms with Gasteiger partial charge in [-0.25, -0.2) is 8.42 Å². The van der Waals surface area contributed by atoms with E-state index in [0.717, 1.165) is 15.4 Å². The summed E-state index contributed by atoms with van der Waals surface area (Å²) >= 11 is 0. The summed E-state index contributed by atoms with van der Waals surface area (Å²) in [5, 5.41) is 2.89. The van der Waals surface area contributed by atoms with E-state index in [1.165, 1.54) is 37.3 Å². The Morgan fingerprint density at radius 1 is 0.902 bits per heavy atom. The van der Waals surface area contributed by atoms with E-state index >= 15 is 0 Å². The summed E-state index contributed by atoms with van der Waals surface area (Å²) in [5.41, 5.74) is 1.95. The van der Waals surface area contributed by atoms with Crippen molar-refractivity contribution in [3.63, 3.8) is 0 Å². The van der Waals surface area contributed by atoms with Gasteiger partial charge in [-0.3, -0.25) is 13.9 Å². The van der Waals surface area contributed by atoms with Crippen LogP contribution in [0.2, 0.25) is 0 Å². The Balaban J connectivity index is 2.09. The molecule has 10 heteroatoms. The van der Waals surface area contributed by atoms with Gasteiger partial charge in [0, 0.05) is 19.2 Å². The molecular weight excluding hydrogens is 542 g/mol. The van der Waals surface area contributed by atoms with Crippen molar-refractivity contribution in [2.24, 2.45) is 5.92 Å². The van der Waals surface area contributed by atoms with Gasteiger partial charge in [0.25, 0.3) is 10.0 Å². The third kappa shape index (κ3) is 8.00. The van der Waals surface area contributed by atoms with Gasteiger partial charge in [0.2, 0.25) is 11.8 Å². The molecule has 0 heterocycles. The van der Waals surface area contributed by atoms with Gasteiger partial charge in [-0.2, -0.15) is 0 Å². The van der Waals surface area contributed by atoms with Crippen molar-refractivity contribution >= 4 is 27.5 Å². The number of hydrogen-bond acceptors (Lipinski definition) is 6. The lowest BCUT2D eigenvalue weighted by atomic mass is 10.1. The Kier molecular flexibility index (Phi) is 10.8. The number of carbonyl (C=O) groups excluding carboxylic acids is 2. The number of carbonyl (C=O) groups is 2. The van der Waals surface area contributed by atoms with Crippen molar-refractivity contribution in [3.8, 4) is 11.5 Å². The molecule has 0 bridgehead atoms. The van der Waals surface area contributed by atoms with Crippen molar-refractivity contribution in [3.05, 3.63) is 83.9 Å². The summed E-state index contributed by atoms with van der Waals surface area (Å²) in [5.74, 6) is -0.0241. The Bertz CT molecular complexity index is 1440. The predicted octanol–water partition coefficient (Wildman–Crippen LogP) is 4.40. The van der Waals surface area contributed by atoms with Gasteiger partial charge in [-0.1, -0.05) is 61.9 Å². The van der Waals surface area contributed by atoms with Gasteiger partial charge >= 0.3 is 0 Å². The third-order valence-corrected chi connectivity index (χ3v) is 8.33. The molecule has 0 radical (unpaired) electrons. The molecule has 0 aliphatic rings. The Labute approximate surface area is 243 Å². The number of nitrogens with one attached hydrogen (secondary N) is 1. The predicted molar refractivity (Wildman–Crippen MR) is 160 cm³/mol. The maximum absolute atomic E-state index is 14.1. The molecular formula is C31H39N3O6S. The highest BCUT2D eigenvalue weighted by molar-refractivity contribution is 7.92. The van der Waals surface area contributed by atoms with Crippen LogP contribution in [0, 0.1) is 12.8 Å². The summed E-state index contributed by atoms with van der Waals surface area (Å²) in [6.45, 7) is 7.54. The van der Waals surface area contributed by atoms with Gasteiger partial charge < -0.3 is 19.7 Å². The SMILES string of the molecule is COc1ccc(OC)c(N(CC(=O)N(Cc2cccc(C)c2)[C@@H](C)C(=O)NCC(C)C)S(=O)(=O)c2ccccc2)c1. The summed E-state index contributed by atoms with van der Waals surface area (Å²) in [4.78, 5) is 28.6. The summed E-state index contributed by atoms with van der Waals surface area (Å²) in [6.07, 6.45) is 0. The highest BCUT2D eigenvalue weighted by Crippen LogP contribution is 2.36. The molecule has 1 atom stereocenters.